The highest BCUT2D eigenvalue weighted by Gasteiger charge is 2.12. The Hall–Kier alpha value is -3.16. The molecule has 0 atom stereocenters. The van der Waals surface area contributed by atoms with E-state index >= 15 is 0 Å². The maximum atomic E-state index is 12.5. The van der Waals surface area contributed by atoms with Gasteiger partial charge in [0.2, 0.25) is 0 Å². The second-order valence-corrected chi connectivity index (χ2v) is 5.33. The summed E-state index contributed by atoms with van der Waals surface area (Å²) in [5.74, 6) is -0.447. The Bertz CT molecular complexity index is 945. The van der Waals surface area contributed by atoms with Crippen molar-refractivity contribution in [3.63, 3.8) is 0 Å². The third-order valence-electron chi connectivity index (χ3n) is 3.75. The van der Waals surface area contributed by atoms with E-state index in [-0.39, 0.29) is 12.0 Å². The fourth-order valence-electron chi connectivity index (χ4n) is 2.34. The van der Waals surface area contributed by atoms with Crippen LogP contribution in [0.3, 0.4) is 0 Å². The van der Waals surface area contributed by atoms with Crippen molar-refractivity contribution in [3.8, 4) is 0 Å². The van der Waals surface area contributed by atoms with Crippen molar-refractivity contribution in [1.82, 2.24) is 15.0 Å². The minimum absolute atomic E-state index is 0.0553. The monoisotopic (exact) mass is 328 g/mol. The van der Waals surface area contributed by atoms with Crippen molar-refractivity contribution in [2.24, 2.45) is 0 Å². The number of pyridine rings is 1. The summed E-state index contributed by atoms with van der Waals surface area (Å²) >= 11 is 0. The Balaban J connectivity index is 1.80. The molecule has 1 aromatic carbocycles. The number of nitrogens with zero attached hydrogens (tertiary/aromatic N) is 3. The van der Waals surface area contributed by atoms with Gasteiger partial charge in [0, 0.05) is 11.8 Å². The predicted molar refractivity (Wildman–Crippen MR) is 86.0 cm³/mol. The van der Waals surface area contributed by atoms with Gasteiger partial charge in [-0.1, -0.05) is 6.07 Å². The first-order chi connectivity index (χ1) is 11.6. The Morgan fingerprint density at radius 2 is 2.08 bits per heavy atom. The lowest BCUT2D eigenvalue weighted by atomic mass is 10.1. The van der Waals surface area contributed by atoms with Gasteiger partial charge in [-0.3, -0.25) is 9.59 Å². The summed E-state index contributed by atoms with van der Waals surface area (Å²) in [5.41, 5.74) is 6.14. The Morgan fingerprint density at radius 3 is 2.88 bits per heavy atom. The smallest absolute Gasteiger partial charge is 0.310 e. The summed E-state index contributed by atoms with van der Waals surface area (Å²) < 4.78 is 10.7. The maximum absolute atomic E-state index is 12.5. The molecule has 2 aromatic heterocycles. The Morgan fingerprint density at radius 1 is 1.29 bits per heavy atom. The maximum Gasteiger partial charge on any atom is 0.310 e. The van der Waals surface area contributed by atoms with Gasteiger partial charge in [-0.25, -0.2) is 9.31 Å². The van der Waals surface area contributed by atoms with Crippen molar-refractivity contribution in [3.05, 3.63) is 57.5 Å². The molecule has 3 aromatic rings. The van der Waals surface area contributed by atoms with Gasteiger partial charge in [0.25, 0.3) is 5.56 Å². The highest BCUT2D eigenvalue weighted by atomic mass is 16.6. The zero-order chi connectivity index (χ0) is 17.1. The predicted octanol–water partition coefficient (Wildman–Crippen LogP) is 1.15. The van der Waals surface area contributed by atoms with Crippen molar-refractivity contribution >= 4 is 17.0 Å². The molecular formula is C16H16N4O4. The fourth-order valence-corrected chi connectivity index (χ4v) is 2.34. The van der Waals surface area contributed by atoms with Crippen LogP contribution in [0.2, 0.25) is 0 Å². The molecule has 1 N–H and O–H groups in total. The number of rotatable bonds is 5. The van der Waals surface area contributed by atoms with E-state index in [1.807, 2.05) is 12.1 Å². The summed E-state index contributed by atoms with van der Waals surface area (Å²) in [6, 6.07) is 7.27. The van der Waals surface area contributed by atoms with Gasteiger partial charge >= 0.3 is 5.97 Å². The first-order valence-electron chi connectivity index (χ1n) is 7.31. The van der Waals surface area contributed by atoms with E-state index in [2.05, 4.69) is 25.1 Å². The molecule has 0 spiro atoms. The lowest BCUT2D eigenvalue weighted by Gasteiger charge is -2.12. The second-order valence-electron chi connectivity index (χ2n) is 5.33. The molecule has 124 valence electrons. The highest BCUT2D eigenvalue weighted by Crippen LogP contribution is 2.11. The van der Waals surface area contributed by atoms with Gasteiger partial charge in [0.15, 0.2) is 0 Å². The number of hydrogen-bond donors (Lipinski definition) is 1. The van der Waals surface area contributed by atoms with Crippen LogP contribution in [0.1, 0.15) is 16.7 Å². The van der Waals surface area contributed by atoms with Crippen LogP contribution in [-0.4, -0.2) is 28.1 Å². The molecule has 0 radical (unpaired) electrons. The zero-order valence-corrected chi connectivity index (χ0v) is 13.3. The van der Waals surface area contributed by atoms with Gasteiger partial charge in [-0.05, 0) is 46.6 Å². The largest absolute Gasteiger partial charge is 0.469 e. The van der Waals surface area contributed by atoms with E-state index in [0.29, 0.717) is 23.1 Å². The minimum Gasteiger partial charge on any atom is -0.469 e. The first kappa shape index (κ1) is 15.7. The number of hydrogen-bond acceptors (Lipinski definition) is 7. The average Bonchev–Trinajstić information content (AvgIpc) is 3.05. The van der Waals surface area contributed by atoms with Crippen LogP contribution in [0.25, 0.3) is 11.0 Å². The number of fused-ring (bicyclic) bond motifs is 1. The number of methoxy groups -OCH3 is 1. The normalized spacial score (nSPS) is 10.8. The van der Waals surface area contributed by atoms with Crippen LogP contribution in [0, 0.1) is 6.92 Å². The lowest BCUT2D eigenvalue weighted by molar-refractivity contribution is -0.139. The van der Waals surface area contributed by atoms with Gasteiger partial charge in [0.1, 0.15) is 11.0 Å². The molecule has 24 heavy (non-hydrogen) atoms. The molecule has 0 aliphatic carbocycles. The third kappa shape index (κ3) is 3.12. The second kappa shape index (κ2) is 6.53. The number of aryl methyl sites for hydroxylation is 1. The van der Waals surface area contributed by atoms with E-state index in [1.54, 1.807) is 25.3 Å². The van der Waals surface area contributed by atoms with Gasteiger partial charge in [-0.15, -0.1) is 0 Å². The molecule has 3 rings (SSSR count). The number of nitrogens with one attached hydrogen (secondary N) is 1. The SMILES string of the molecule is COC(=O)Cc1c(C)ccn(NCc2ccc3nonc3c2)c1=O. The molecule has 8 nitrogen and oxygen atoms in total. The van der Waals surface area contributed by atoms with Gasteiger partial charge < -0.3 is 10.2 Å². The first-order valence-corrected chi connectivity index (χ1v) is 7.31. The van der Waals surface area contributed by atoms with Gasteiger partial charge in [0.05, 0.1) is 20.1 Å². The number of benzene rings is 1. The van der Waals surface area contributed by atoms with E-state index in [1.165, 1.54) is 11.8 Å². The quantitative estimate of drug-likeness (QED) is 0.701. The summed E-state index contributed by atoms with van der Waals surface area (Å²) in [7, 11) is 1.30. The third-order valence-corrected chi connectivity index (χ3v) is 3.75. The number of carbonyl (C=O) groups excluding carboxylic acids is 1. The van der Waals surface area contributed by atoms with Crippen LogP contribution >= 0.6 is 0 Å². The molecule has 0 aliphatic rings. The fraction of sp³-hybridized carbons (Fsp3) is 0.250. The van der Waals surface area contributed by atoms with Crippen molar-refractivity contribution < 1.29 is 14.2 Å². The summed E-state index contributed by atoms with van der Waals surface area (Å²) in [6.45, 7) is 2.19. The molecule has 0 unspecified atom stereocenters. The molecule has 0 bridgehead atoms. The molecule has 8 heteroatoms. The molecular weight excluding hydrogens is 312 g/mol. The topological polar surface area (TPSA) is 99.2 Å². The van der Waals surface area contributed by atoms with E-state index in [0.717, 1.165) is 11.1 Å². The van der Waals surface area contributed by atoms with E-state index in [4.69, 9.17) is 0 Å². The minimum atomic E-state index is -0.447. The van der Waals surface area contributed by atoms with Crippen LogP contribution < -0.4 is 11.0 Å². The number of ether oxygens (including phenoxy) is 1. The molecule has 0 saturated carbocycles. The molecule has 2 heterocycles. The molecule has 0 saturated heterocycles. The summed E-state index contributed by atoms with van der Waals surface area (Å²) in [6.07, 6.45) is 1.58. The van der Waals surface area contributed by atoms with Crippen LogP contribution in [0.4, 0.5) is 0 Å². The summed E-state index contributed by atoms with van der Waals surface area (Å²) in [5, 5.41) is 7.53. The average molecular weight is 328 g/mol. The van der Waals surface area contributed by atoms with E-state index < -0.39 is 5.97 Å². The zero-order valence-electron chi connectivity index (χ0n) is 13.3. The molecule has 0 aliphatic heterocycles. The lowest BCUT2D eigenvalue weighted by Crippen LogP contribution is -2.32. The van der Waals surface area contributed by atoms with Crippen molar-refractivity contribution in [2.45, 2.75) is 19.9 Å². The highest BCUT2D eigenvalue weighted by molar-refractivity contribution is 5.73. The summed E-state index contributed by atoms with van der Waals surface area (Å²) in [4.78, 5) is 24.0. The number of carbonyl (C=O) groups is 1. The Labute approximate surface area is 137 Å². The van der Waals surface area contributed by atoms with Crippen molar-refractivity contribution in [1.29, 1.82) is 0 Å². The van der Waals surface area contributed by atoms with E-state index in [9.17, 15) is 9.59 Å². The number of aromatic nitrogens is 3. The standard InChI is InChI=1S/C16H16N4O4/c1-10-5-6-20(16(22)12(10)8-15(21)23-2)17-9-11-3-4-13-14(7-11)19-24-18-13/h3-7,17H,8-9H2,1-2H3. The van der Waals surface area contributed by atoms with Crippen LogP contribution in [0.5, 0.6) is 0 Å². The van der Waals surface area contributed by atoms with Crippen molar-refractivity contribution in [2.75, 3.05) is 12.5 Å². The van der Waals surface area contributed by atoms with Crippen LogP contribution in [-0.2, 0) is 22.5 Å². The number of esters is 1. The van der Waals surface area contributed by atoms with Crippen LogP contribution in [0.15, 0.2) is 39.9 Å². The molecule has 0 fully saturated rings. The Kier molecular flexibility index (Phi) is 4.28. The van der Waals surface area contributed by atoms with Gasteiger partial charge in [-0.2, -0.15) is 0 Å². The molecule has 0 amide bonds.